The molecule has 4 rings (SSSR count). The molecule has 138 valence electrons. The number of amides is 1. The van der Waals surface area contributed by atoms with Gasteiger partial charge in [0.15, 0.2) is 0 Å². The standard InChI is InChI=1S/C24H19NO3/c1-2-16-10-12-17(13-11-16)23(26)25-20-8-5-7-18(14-20)21-15-19-6-3-4-9-22(19)28-24(21)27/h3-15H,2H2,1H3,(H,25,26). The molecule has 0 unspecified atom stereocenters. The van der Waals surface area contributed by atoms with Crippen molar-refractivity contribution in [3.05, 3.63) is 100 Å². The van der Waals surface area contributed by atoms with Crippen LogP contribution in [0.25, 0.3) is 22.1 Å². The van der Waals surface area contributed by atoms with E-state index in [1.807, 2.05) is 54.6 Å². The van der Waals surface area contributed by atoms with Crippen LogP contribution in [0, 0.1) is 0 Å². The SMILES string of the molecule is CCc1ccc(C(=O)Nc2cccc(-c3cc4ccccc4oc3=O)c2)cc1. The van der Waals surface area contributed by atoms with Crippen molar-refractivity contribution in [3.8, 4) is 11.1 Å². The van der Waals surface area contributed by atoms with Gasteiger partial charge < -0.3 is 9.73 Å². The van der Waals surface area contributed by atoms with Gasteiger partial charge in [-0.25, -0.2) is 4.79 Å². The van der Waals surface area contributed by atoms with Gasteiger partial charge in [-0.3, -0.25) is 4.79 Å². The van der Waals surface area contributed by atoms with Crippen molar-refractivity contribution in [2.45, 2.75) is 13.3 Å². The molecule has 0 saturated heterocycles. The molecule has 0 fully saturated rings. The van der Waals surface area contributed by atoms with Crippen molar-refractivity contribution in [2.24, 2.45) is 0 Å². The molecular formula is C24H19NO3. The molecule has 1 heterocycles. The van der Waals surface area contributed by atoms with Crippen LogP contribution in [0.4, 0.5) is 5.69 Å². The van der Waals surface area contributed by atoms with E-state index < -0.39 is 5.63 Å². The van der Waals surface area contributed by atoms with Crippen molar-refractivity contribution >= 4 is 22.6 Å². The Hall–Kier alpha value is -3.66. The first-order chi connectivity index (χ1) is 13.6. The van der Waals surface area contributed by atoms with Gasteiger partial charge in [0, 0.05) is 16.6 Å². The second-order valence-corrected chi connectivity index (χ2v) is 6.57. The molecule has 3 aromatic carbocycles. The Kier molecular flexibility index (Phi) is 4.77. The van der Waals surface area contributed by atoms with E-state index in [4.69, 9.17) is 4.42 Å². The van der Waals surface area contributed by atoms with Gasteiger partial charge in [-0.1, -0.05) is 49.4 Å². The minimum atomic E-state index is -0.405. The molecule has 0 aliphatic heterocycles. The number of hydrogen-bond donors (Lipinski definition) is 1. The average molecular weight is 369 g/mol. The van der Waals surface area contributed by atoms with Crippen molar-refractivity contribution in [2.75, 3.05) is 5.32 Å². The second kappa shape index (κ2) is 7.53. The number of benzene rings is 3. The molecule has 0 spiro atoms. The number of carbonyl (C=O) groups is 1. The zero-order valence-corrected chi connectivity index (χ0v) is 15.4. The summed E-state index contributed by atoms with van der Waals surface area (Å²) in [4.78, 5) is 24.9. The maximum atomic E-state index is 12.5. The van der Waals surface area contributed by atoms with Crippen LogP contribution in [-0.4, -0.2) is 5.91 Å². The Morgan fingerprint density at radius 2 is 1.71 bits per heavy atom. The van der Waals surface area contributed by atoms with Gasteiger partial charge in [0.05, 0.1) is 5.56 Å². The molecule has 0 bridgehead atoms. The maximum Gasteiger partial charge on any atom is 0.344 e. The van der Waals surface area contributed by atoms with E-state index in [0.717, 1.165) is 11.8 Å². The molecule has 4 nitrogen and oxygen atoms in total. The van der Waals surface area contributed by atoms with Crippen LogP contribution in [0.1, 0.15) is 22.8 Å². The van der Waals surface area contributed by atoms with E-state index in [0.29, 0.717) is 28.0 Å². The zero-order chi connectivity index (χ0) is 19.5. The first-order valence-corrected chi connectivity index (χ1v) is 9.17. The molecule has 1 N–H and O–H groups in total. The molecule has 0 aliphatic rings. The molecule has 0 radical (unpaired) electrons. The molecular weight excluding hydrogens is 350 g/mol. The Morgan fingerprint density at radius 1 is 0.929 bits per heavy atom. The van der Waals surface area contributed by atoms with E-state index in [9.17, 15) is 9.59 Å². The minimum absolute atomic E-state index is 0.189. The van der Waals surface area contributed by atoms with Crippen LogP contribution in [0.2, 0.25) is 0 Å². The Balaban J connectivity index is 1.63. The van der Waals surface area contributed by atoms with Crippen LogP contribution >= 0.6 is 0 Å². The highest BCUT2D eigenvalue weighted by Gasteiger charge is 2.10. The highest BCUT2D eigenvalue weighted by Crippen LogP contribution is 2.24. The molecule has 4 heteroatoms. The Labute approximate surface area is 162 Å². The zero-order valence-electron chi connectivity index (χ0n) is 15.4. The van der Waals surface area contributed by atoms with Crippen molar-refractivity contribution < 1.29 is 9.21 Å². The number of rotatable bonds is 4. The van der Waals surface area contributed by atoms with Gasteiger partial charge in [-0.2, -0.15) is 0 Å². The summed E-state index contributed by atoms with van der Waals surface area (Å²) >= 11 is 0. The normalized spacial score (nSPS) is 10.8. The third kappa shape index (κ3) is 3.58. The lowest BCUT2D eigenvalue weighted by Gasteiger charge is -2.08. The summed E-state index contributed by atoms with van der Waals surface area (Å²) in [6.45, 7) is 2.07. The van der Waals surface area contributed by atoms with Gasteiger partial charge in [0.25, 0.3) is 5.91 Å². The lowest BCUT2D eigenvalue weighted by molar-refractivity contribution is 0.102. The van der Waals surface area contributed by atoms with E-state index >= 15 is 0 Å². The summed E-state index contributed by atoms with van der Waals surface area (Å²) in [6, 6.07) is 23.9. The van der Waals surface area contributed by atoms with Gasteiger partial charge in [0.1, 0.15) is 5.58 Å². The fourth-order valence-electron chi connectivity index (χ4n) is 3.12. The fraction of sp³-hybridized carbons (Fsp3) is 0.0833. The summed E-state index contributed by atoms with van der Waals surface area (Å²) < 4.78 is 5.42. The van der Waals surface area contributed by atoms with Gasteiger partial charge in [-0.15, -0.1) is 0 Å². The van der Waals surface area contributed by atoms with Crippen LogP contribution in [-0.2, 0) is 6.42 Å². The summed E-state index contributed by atoms with van der Waals surface area (Å²) in [6.07, 6.45) is 0.929. The molecule has 4 aromatic rings. The first kappa shape index (κ1) is 17.7. The van der Waals surface area contributed by atoms with E-state index in [-0.39, 0.29) is 5.91 Å². The largest absolute Gasteiger partial charge is 0.422 e. The lowest BCUT2D eigenvalue weighted by atomic mass is 10.0. The Morgan fingerprint density at radius 3 is 2.50 bits per heavy atom. The first-order valence-electron chi connectivity index (χ1n) is 9.17. The highest BCUT2D eigenvalue weighted by molar-refractivity contribution is 6.04. The predicted molar refractivity (Wildman–Crippen MR) is 112 cm³/mol. The average Bonchev–Trinajstić information content (AvgIpc) is 2.73. The van der Waals surface area contributed by atoms with Gasteiger partial charge in [-0.05, 0) is 53.9 Å². The predicted octanol–water partition coefficient (Wildman–Crippen LogP) is 5.27. The topological polar surface area (TPSA) is 59.3 Å². The van der Waals surface area contributed by atoms with E-state index in [1.165, 1.54) is 5.56 Å². The number of fused-ring (bicyclic) bond motifs is 1. The van der Waals surface area contributed by atoms with Crippen LogP contribution < -0.4 is 10.9 Å². The highest BCUT2D eigenvalue weighted by atomic mass is 16.4. The van der Waals surface area contributed by atoms with E-state index in [2.05, 4.69) is 12.2 Å². The number of para-hydroxylation sites is 1. The number of anilines is 1. The number of carbonyl (C=O) groups excluding carboxylic acids is 1. The molecule has 0 saturated carbocycles. The third-order valence-electron chi connectivity index (χ3n) is 4.70. The summed E-state index contributed by atoms with van der Waals surface area (Å²) in [5.41, 5.74) is 3.69. The number of nitrogens with one attached hydrogen (secondary N) is 1. The monoisotopic (exact) mass is 369 g/mol. The second-order valence-electron chi connectivity index (χ2n) is 6.57. The molecule has 0 aliphatic carbocycles. The van der Waals surface area contributed by atoms with Crippen LogP contribution in [0.5, 0.6) is 0 Å². The molecule has 1 aromatic heterocycles. The maximum absolute atomic E-state index is 12.5. The smallest absolute Gasteiger partial charge is 0.344 e. The summed E-state index contributed by atoms with van der Waals surface area (Å²) in [7, 11) is 0. The van der Waals surface area contributed by atoms with Crippen molar-refractivity contribution in [1.29, 1.82) is 0 Å². The van der Waals surface area contributed by atoms with Gasteiger partial charge >= 0.3 is 5.63 Å². The van der Waals surface area contributed by atoms with Crippen molar-refractivity contribution in [1.82, 2.24) is 0 Å². The van der Waals surface area contributed by atoms with Crippen LogP contribution in [0.15, 0.2) is 88.1 Å². The van der Waals surface area contributed by atoms with Crippen LogP contribution in [0.3, 0.4) is 0 Å². The number of hydrogen-bond acceptors (Lipinski definition) is 3. The molecule has 0 atom stereocenters. The Bertz CT molecular complexity index is 1210. The van der Waals surface area contributed by atoms with Gasteiger partial charge in [0.2, 0.25) is 0 Å². The lowest BCUT2D eigenvalue weighted by Crippen LogP contribution is -2.12. The van der Waals surface area contributed by atoms with Crippen molar-refractivity contribution in [3.63, 3.8) is 0 Å². The third-order valence-corrected chi connectivity index (χ3v) is 4.70. The summed E-state index contributed by atoms with van der Waals surface area (Å²) in [5.74, 6) is -0.189. The molecule has 1 amide bonds. The van der Waals surface area contributed by atoms with E-state index in [1.54, 1.807) is 24.3 Å². The number of aryl methyl sites for hydroxylation is 1. The molecule has 28 heavy (non-hydrogen) atoms. The quantitative estimate of drug-likeness (QED) is 0.498. The summed E-state index contributed by atoms with van der Waals surface area (Å²) in [5, 5.41) is 3.74. The minimum Gasteiger partial charge on any atom is -0.422 e. The fourth-order valence-corrected chi connectivity index (χ4v) is 3.12.